The lowest BCUT2D eigenvalue weighted by Gasteiger charge is -2.34. The Balaban J connectivity index is 1.48. The van der Waals surface area contributed by atoms with E-state index in [1.165, 1.54) is 51.4 Å². The Hall–Kier alpha value is -0.120. The standard InChI is InChI=1S/C15H27NO2/c17-10-15(13-5-6-13,16-14-7-8-14)11-18-9-12-3-1-2-4-12/h12-14,16-17H,1-11H2. The van der Waals surface area contributed by atoms with Crippen molar-refractivity contribution in [1.29, 1.82) is 0 Å². The smallest absolute Gasteiger partial charge is 0.0681 e. The third-order valence-electron chi connectivity index (χ3n) is 4.90. The zero-order valence-electron chi connectivity index (χ0n) is 11.4. The number of hydrogen-bond donors (Lipinski definition) is 2. The summed E-state index contributed by atoms with van der Waals surface area (Å²) in [6.45, 7) is 1.85. The van der Waals surface area contributed by atoms with E-state index in [9.17, 15) is 5.11 Å². The first-order valence-corrected chi connectivity index (χ1v) is 7.79. The van der Waals surface area contributed by atoms with Crippen LogP contribution in [0.15, 0.2) is 0 Å². The van der Waals surface area contributed by atoms with Gasteiger partial charge in [0.15, 0.2) is 0 Å². The second kappa shape index (κ2) is 5.48. The molecule has 3 aliphatic carbocycles. The maximum atomic E-state index is 9.81. The lowest BCUT2D eigenvalue weighted by atomic mass is 9.95. The lowest BCUT2D eigenvalue weighted by molar-refractivity contribution is 0.00956. The summed E-state index contributed by atoms with van der Waals surface area (Å²) in [7, 11) is 0. The van der Waals surface area contributed by atoms with Crippen molar-refractivity contribution in [3.8, 4) is 0 Å². The molecule has 1 atom stereocenters. The highest BCUT2D eigenvalue weighted by atomic mass is 16.5. The number of hydrogen-bond acceptors (Lipinski definition) is 3. The van der Waals surface area contributed by atoms with Crippen LogP contribution in [0.3, 0.4) is 0 Å². The Bertz CT molecular complexity index is 270. The summed E-state index contributed by atoms with van der Waals surface area (Å²) in [4.78, 5) is 0. The fourth-order valence-electron chi connectivity index (χ4n) is 3.35. The number of aliphatic hydroxyl groups is 1. The van der Waals surface area contributed by atoms with Crippen molar-refractivity contribution in [3.63, 3.8) is 0 Å². The first-order chi connectivity index (χ1) is 8.82. The number of ether oxygens (including phenoxy) is 1. The van der Waals surface area contributed by atoms with Crippen molar-refractivity contribution < 1.29 is 9.84 Å². The van der Waals surface area contributed by atoms with Gasteiger partial charge < -0.3 is 15.2 Å². The van der Waals surface area contributed by atoms with Gasteiger partial charge in [-0.2, -0.15) is 0 Å². The van der Waals surface area contributed by atoms with E-state index in [0.717, 1.165) is 12.5 Å². The monoisotopic (exact) mass is 253 g/mol. The van der Waals surface area contributed by atoms with Crippen LogP contribution in [0.1, 0.15) is 51.4 Å². The zero-order valence-corrected chi connectivity index (χ0v) is 11.4. The minimum atomic E-state index is -0.125. The van der Waals surface area contributed by atoms with E-state index in [1.54, 1.807) is 0 Å². The van der Waals surface area contributed by atoms with E-state index < -0.39 is 0 Å². The zero-order chi connectivity index (χ0) is 12.4. The third kappa shape index (κ3) is 3.06. The van der Waals surface area contributed by atoms with Crippen LogP contribution in [0.25, 0.3) is 0 Å². The molecule has 0 aromatic carbocycles. The molecule has 0 amide bonds. The molecule has 0 heterocycles. The van der Waals surface area contributed by atoms with E-state index in [-0.39, 0.29) is 12.1 Å². The van der Waals surface area contributed by atoms with E-state index >= 15 is 0 Å². The molecule has 3 aliphatic rings. The number of rotatable bonds is 8. The second-order valence-electron chi connectivity index (χ2n) is 6.67. The van der Waals surface area contributed by atoms with Crippen molar-refractivity contribution in [2.24, 2.45) is 11.8 Å². The first kappa shape index (κ1) is 12.9. The molecule has 3 saturated carbocycles. The summed E-state index contributed by atoms with van der Waals surface area (Å²) in [5.41, 5.74) is -0.125. The maximum absolute atomic E-state index is 9.81. The van der Waals surface area contributed by atoms with Gasteiger partial charge in [0.1, 0.15) is 0 Å². The van der Waals surface area contributed by atoms with Gasteiger partial charge in [0.25, 0.3) is 0 Å². The Morgan fingerprint density at radius 2 is 1.78 bits per heavy atom. The highest BCUT2D eigenvalue weighted by Crippen LogP contribution is 2.41. The Kier molecular flexibility index (Phi) is 3.92. The summed E-state index contributed by atoms with van der Waals surface area (Å²) >= 11 is 0. The van der Waals surface area contributed by atoms with Crippen LogP contribution >= 0.6 is 0 Å². The molecule has 0 saturated heterocycles. The number of nitrogens with one attached hydrogen (secondary N) is 1. The average molecular weight is 253 g/mol. The second-order valence-corrected chi connectivity index (χ2v) is 6.67. The minimum absolute atomic E-state index is 0.125. The number of aliphatic hydroxyl groups excluding tert-OH is 1. The van der Waals surface area contributed by atoms with Crippen molar-refractivity contribution in [3.05, 3.63) is 0 Å². The lowest BCUT2D eigenvalue weighted by Crippen LogP contribution is -2.55. The van der Waals surface area contributed by atoms with Gasteiger partial charge in [0.05, 0.1) is 18.8 Å². The third-order valence-corrected chi connectivity index (χ3v) is 4.90. The van der Waals surface area contributed by atoms with Crippen LogP contribution in [-0.4, -0.2) is 36.5 Å². The molecule has 3 rings (SSSR count). The van der Waals surface area contributed by atoms with Gasteiger partial charge in [0, 0.05) is 12.6 Å². The summed E-state index contributed by atoms with van der Waals surface area (Å²) in [5, 5.41) is 13.5. The van der Waals surface area contributed by atoms with Crippen LogP contribution in [-0.2, 0) is 4.74 Å². The normalized spacial score (nSPS) is 28.5. The van der Waals surface area contributed by atoms with Gasteiger partial charge in [-0.3, -0.25) is 0 Å². The SMILES string of the molecule is OCC(COCC1CCCC1)(NC1CC1)C1CC1. The highest BCUT2D eigenvalue weighted by molar-refractivity contribution is 5.04. The molecular formula is C15H27NO2. The molecule has 3 heteroatoms. The largest absolute Gasteiger partial charge is 0.394 e. The van der Waals surface area contributed by atoms with Crippen molar-refractivity contribution in [1.82, 2.24) is 5.32 Å². The molecule has 0 aliphatic heterocycles. The summed E-state index contributed by atoms with van der Waals surface area (Å²) in [6.07, 6.45) is 10.5. The predicted molar refractivity (Wildman–Crippen MR) is 71.5 cm³/mol. The van der Waals surface area contributed by atoms with Gasteiger partial charge in [-0.25, -0.2) is 0 Å². The molecule has 18 heavy (non-hydrogen) atoms. The topological polar surface area (TPSA) is 41.5 Å². The summed E-state index contributed by atoms with van der Waals surface area (Å²) < 4.78 is 5.98. The first-order valence-electron chi connectivity index (χ1n) is 7.79. The highest BCUT2D eigenvalue weighted by Gasteiger charge is 2.47. The molecule has 0 aromatic heterocycles. The summed E-state index contributed by atoms with van der Waals surface area (Å²) in [5.74, 6) is 1.42. The fraction of sp³-hybridized carbons (Fsp3) is 1.00. The van der Waals surface area contributed by atoms with Crippen molar-refractivity contribution >= 4 is 0 Å². The van der Waals surface area contributed by atoms with Crippen LogP contribution in [0, 0.1) is 11.8 Å². The molecule has 3 fully saturated rings. The van der Waals surface area contributed by atoms with Crippen LogP contribution in [0.4, 0.5) is 0 Å². The van der Waals surface area contributed by atoms with Gasteiger partial charge in [-0.1, -0.05) is 12.8 Å². The van der Waals surface area contributed by atoms with Gasteiger partial charge in [-0.15, -0.1) is 0 Å². The quantitative estimate of drug-likeness (QED) is 0.696. The molecule has 1 unspecified atom stereocenters. The fourth-order valence-corrected chi connectivity index (χ4v) is 3.35. The Morgan fingerprint density at radius 1 is 1.06 bits per heavy atom. The van der Waals surface area contributed by atoms with E-state index in [2.05, 4.69) is 5.32 Å². The van der Waals surface area contributed by atoms with Crippen molar-refractivity contribution in [2.45, 2.75) is 62.9 Å². The molecule has 2 N–H and O–H groups in total. The molecular weight excluding hydrogens is 226 g/mol. The predicted octanol–water partition coefficient (Wildman–Crippen LogP) is 2.09. The van der Waals surface area contributed by atoms with Gasteiger partial charge in [0.2, 0.25) is 0 Å². The van der Waals surface area contributed by atoms with Crippen LogP contribution in [0.2, 0.25) is 0 Å². The molecule has 104 valence electrons. The minimum Gasteiger partial charge on any atom is -0.394 e. The molecule has 3 nitrogen and oxygen atoms in total. The van der Waals surface area contributed by atoms with Crippen molar-refractivity contribution in [2.75, 3.05) is 19.8 Å². The van der Waals surface area contributed by atoms with Gasteiger partial charge in [-0.05, 0) is 50.4 Å². The Labute approximate surface area is 110 Å². The average Bonchev–Trinajstić information content (AvgIpc) is 3.29. The van der Waals surface area contributed by atoms with E-state index in [0.29, 0.717) is 18.6 Å². The summed E-state index contributed by atoms with van der Waals surface area (Å²) in [6, 6.07) is 0.646. The molecule has 0 radical (unpaired) electrons. The molecule has 0 spiro atoms. The molecule has 0 bridgehead atoms. The maximum Gasteiger partial charge on any atom is 0.0681 e. The van der Waals surface area contributed by atoms with Crippen LogP contribution in [0.5, 0.6) is 0 Å². The van der Waals surface area contributed by atoms with Crippen LogP contribution < -0.4 is 5.32 Å². The van der Waals surface area contributed by atoms with E-state index in [4.69, 9.17) is 4.74 Å². The van der Waals surface area contributed by atoms with E-state index in [1.807, 2.05) is 0 Å². The Morgan fingerprint density at radius 3 is 2.33 bits per heavy atom. The molecule has 0 aromatic rings. The van der Waals surface area contributed by atoms with Gasteiger partial charge >= 0.3 is 0 Å².